The maximum Gasteiger partial charge on any atom is 0.271 e. The lowest BCUT2D eigenvalue weighted by Gasteiger charge is -2.08. The summed E-state index contributed by atoms with van der Waals surface area (Å²) in [6.07, 6.45) is 5.79. The van der Waals surface area contributed by atoms with Gasteiger partial charge in [-0.05, 0) is 48.4 Å². The number of rotatable bonds is 7. The Balaban J connectivity index is 1.64. The van der Waals surface area contributed by atoms with Crippen LogP contribution in [0.15, 0.2) is 59.2 Å². The summed E-state index contributed by atoms with van der Waals surface area (Å²) in [5.41, 5.74) is 1.52. The summed E-state index contributed by atoms with van der Waals surface area (Å²) in [5.74, 6) is 0.671. The predicted octanol–water partition coefficient (Wildman–Crippen LogP) is 3.51. The van der Waals surface area contributed by atoms with Gasteiger partial charge in [0.05, 0.1) is 11.9 Å². The van der Waals surface area contributed by atoms with Gasteiger partial charge in [0.15, 0.2) is 0 Å². The van der Waals surface area contributed by atoms with Crippen LogP contribution >= 0.6 is 11.3 Å². The van der Waals surface area contributed by atoms with Crippen LogP contribution in [0.4, 0.5) is 11.5 Å². The first-order valence-corrected chi connectivity index (χ1v) is 10.1. The van der Waals surface area contributed by atoms with Crippen molar-refractivity contribution in [2.45, 2.75) is 24.1 Å². The van der Waals surface area contributed by atoms with Crippen LogP contribution in [0.1, 0.15) is 17.4 Å². The van der Waals surface area contributed by atoms with Crippen LogP contribution in [0, 0.1) is 0 Å². The topological polar surface area (TPSA) is 84.0 Å². The van der Waals surface area contributed by atoms with Gasteiger partial charge in [-0.15, -0.1) is 11.3 Å². The van der Waals surface area contributed by atoms with E-state index in [9.17, 15) is 8.42 Å². The number of nitrogens with one attached hydrogen (secondary N) is 2. The second kappa shape index (κ2) is 7.62. The Labute approximate surface area is 151 Å². The summed E-state index contributed by atoms with van der Waals surface area (Å²) in [4.78, 5) is 9.25. The molecule has 0 amide bonds. The van der Waals surface area contributed by atoms with Crippen molar-refractivity contribution in [3.63, 3.8) is 0 Å². The molecule has 0 fully saturated rings. The van der Waals surface area contributed by atoms with E-state index in [4.69, 9.17) is 0 Å². The number of anilines is 2. The van der Waals surface area contributed by atoms with Gasteiger partial charge < -0.3 is 5.32 Å². The molecule has 0 spiro atoms. The van der Waals surface area contributed by atoms with Crippen molar-refractivity contribution in [2.75, 3.05) is 10.0 Å². The van der Waals surface area contributed by atoms with E-state index < -0.39 is 10.0 Å². The molecule has 2 N–H and O–H groups in total. The van der Waals surface area contributed by atoms with Crippen LogP contribution in [0.5, 0.6) is 0 Å². The largest absolute Gasteiger partial charge is 0.366 e. The number of sulfonamides is 1. The summed E-state index contributed by atoms with van der Waals surface area (Å²) in [7, 11) is -3.57. The summed E-state index contributed by atoms with van der Waals surface area (Å²) >= 11 is 1.28. The molecule has 6 nitrogen and oxygen atoms in total. The molecule has 0 aromatic carbocycles. The van der Waals surface area contributed by atoms with Gasteiger partial charge in [-0.3, -0.25) is 9.71 Å². The molecule has 3 aromatic rings. The molecule has 3 rings (SSSR count). The molecule has 0 radical (unpaired) electrons. The highest BCUT2D eigenvalue weighted by Gasteiger charge is 2.16. The zero-order valence-corrected chi connectivity index (χ0v) is 15.3. The molecule has 0 aliphatic heterocycles. The van der Waals surface area contributed by atoms with E-state index in [-0.39, 0.29) is 0 Å². The summed E-state index contributed by atoms with van der Waals surface area (Å²) < 4.78 is 27.6. The van der Waals surface area contributed by atoms with E-state index in [2.05, 4.69) is 20.0 Å². The van der Waals surface area contributed by atoms with Crippen LogP contribution < -0.4 is 10.0 Å². The highest BCUT2D eigenvalue weighted by Crippen LogP contribution is 2.24. The maximum absolute atomic E-state index is 12.4. The van der Waals surface area contributed by atoms with Crippen molar-refractivity contribution < 1.29 is 8.42 Å². The van der Waals surface area contributed by atoms with Gasteiger partial charge in [0.25, 0.3) is 10.0 Å². The predicted molar refractivity (Wildman–Crippen MR) is 100 cm³/mol. The van der Waals surface area contributed by atoms with E-state index in [1.54, 1.807) is 30.6 Å². The first kappa shape index (κ1) is 17.4. The van der Waals surface area contributed by atoms with Crippen molar-refractivity contribution in [2.24, 2.45) is 0 Å². The van der Waals surface area contributed by atoms with Gasteiger partial charge in [0.1, 0.15) is 10.0 Å². The van der Waals surface area contributed by atoms with Crippen molar-refractivity contribution in [3.8, 4) is 0 Å². The molecule has 0 saturated carbocycles. The molecule has 25 heavy (non-hydrogen) atoms. The zero-order chi connectivity index (χ0) is 17.7. The van der Waals surface area contributed by atoms with Crippen LogP contribution in [0.2, 0.25) is 0 Å². The summed E-state index contributed by atoms with van der Waals surface area (Å²) in [6, 6.07) is 10.7. The Morgan fingerprint density at radius 3 is 2.52 bits per heavy atom. The number of aryl methyl sites for hydroxylation is 1. The van der Waals surface area contributed by atoms with Crippen molar-refractivity contribution >= 4 is 32.9 Å². The molecule has 130 valence electrons. The smallest absolute Gasteiger partial charge is 0.271 e. The lowest BCUT2D eigenvalue weighted by atomic mass is 10.3. The molecular weight excluding hydrogens is 356 g/mol. The average Bonchev–Trinajstić information content (AvgIpc) is 3.12. The van der Waals surface area contributed by atoms with Gasteiger partial charge >= 0.3 is 0 Å². The Hall–Kier alpha value is -2.45. The number of aromatic nitrogens is 2. The zero-order valence-electron chi connectivity index (χ0n) is 13.6. The van der Waals surface area contributed by atoms with Gasteiger partial charge in [-0.25, -0.2) is 13.4 Å². The highest BCUT2D eigenvalue weighted by molar-refractivity contribution is 7.94. The lowest BCUT2D eigenvalue weighted by molar-refractivity contribution is 0.603. The first-order chi connectivity index (χ1) is 12.1. The third kappa shape index (κ3) is 4.55. The third-order valence-corrected chi connectivity index (χ3v) is 6.59. The quantitative estimate of drug-likeness (QED) is 0.661. The monoisotopic (exact) mass is 374 g/mol. The second-order valence-corrected chi connectivity index (χ2v) is 8.40. The third-order valence-electron chi connectivity index (χ3n) is 3.49. The molecule has 8 heteroatoms. The maximum atomic E-state index is 12.4. The SMILES string of the molecule is CCc1ccc(S(=O)(=O)Nc2ccc(NCc3ccncc3)nc2)s1. The van der Waals surface area contributed by atoms with Gasteiger partial charge in [0, 0.05) is 23.8 Å². The van der Waals surface area contributed by atoms with Gasteiger partial charge in [0.2, 0.25) is 0 Å². The van der Waals surface area contributed by atoms with Crippen LogP contribution in [-0.4, -0.2) is 18.4 Å². The number of hydrogen-bond donors (Lipinski definition) is 2. The minimum absolute atomic E-state index is 0.309. The van der Waals surface area contributed by atoms with E-state index >= 15 is 0 Å². The minimum Gasteiger partial charge on any atom is -0.366 e. The summed E-state index contributed by atoms with van der Waals surface area (Å²) in [6.45, 7) is 2.62. The number of nitrogens with zero attached hydrogens (tertiary/aromatic N) is 2. The fraction of sp³-hybridized carbons (Fsp3) is 0.176. The first-order valence-electron chi connectivity index (χ1n) is 7.77. The highest BCUT2D eigenvalue weighted by atomic mass is 32.2. The molecule has 0 saturated heterocycles. The molecule has 0 bridgehead atoms. The van der Waals surface area contributed by atoms with Crippen LogP contribution in [0.25, 0.3) is 0 Å². The van der Waals surface area contributed by atoms with E-state index in [0.717, 1.165) is 16.9 Å². The number of pyridine rings is 2. The van der Waals surface area contributed by atoms with Gasteiger partial charge in [-0.1, -0.05) is 6.92 Å². The normalized spacial score (nSPS) is 11.2. The Morgan fingerprint density at radius 2 is 1.88 bits per heavy atom. The number of hydrogen-bond acceptors (Lipinski definition) is 6. The van der Waals surface area contributed by atoms with E-state index in [0.29, 0.717) is 22.3 Å². The van der Waals surface area contributed by atoms with Crippen LogP contribution in [0.3, 0.4) is 0 Å². The molecule has 3 aromatic heterocycles. The Morgan fingerprint density at radius 1 is 1.08 bits per heavy atom. The lowest BCUT2D eigenvalue weighted by Crippen LogP contribution is -2.11. The average molecular weight is 374 g/mol. The summed E-state index contributed by atoms with van der Waals surface area (Å²) in [5, 5.41) is 3.18. The van der Waals surface area contributed by atoms with Crippen molar-refractivity contribution in [1.82, 2.24) is 9.97 Å². The number of thiophene rings is 1. The molecule has 3 heterocycles. The molecular formula is C17H18N4O2S2. The fourth-order valence-electron chi connectivity index (χ4n) is 2.15. The minimum atomic E-state index is -3.57. The Bertz CT molecular complexity index is 923. The van der Waals surface area contributed by atoms with Crippen molar-refractivity contribution in [3.05, 3.63) is 65.4 Å². The van der Waals surface area contributed by atoms with Crippen molar-refractivity contribution in [1.29, 1.82) is 0 Å². The standard InChI is InChI=1S/C17H18N4O2S2/c1-2-15-4-6-17(24-15)25(22,23)21-14-3-5-16(20-12-14)19-11-13-7-9-18-10-8-13/h3-10,12,21H,2,11H2,1H3,(H,19,20). The second-order valence-electron chi connectivity index (χ2n) is 5.32. The fourth-order valence-corrected chi connectivity index (χ4v) is 4.49. The molecule has 0 aliphatic rings. The van der Waals surface area contributed by atoms with Crippen LogP contribution in [-0.2, 0) is 23.0 Å². The molecule has 0 unspecified atom stereocenters. The Kier molecular flexibility index (Phi) is 5.30. The molecule has 0 atom stereocenters. The van der Waals surface area contributed by atoms with Gasteiger partial charge in [-0.2, -0.15) is 0 Å². The van der Waals surface area contributed by atoms with E-state index in [1.165, 1.54) is 17.5 Å². The van der Waals surface area contributed by atoms with E-state index in [1.807, 2.05) is 25.1 Å². The molecule has 0 aliphatic carbocycles.